The maximum Gasteiger partial charge on any atom is 0.433 e. The first-order valence-electron chi connectivity index (χ1n) is 9.27. The first-order valence-corrected chi connectivity index (χ1v) is 9.27. The molecule has 0 aromatic carbocycles. The summed E-state index contributed by atoms with van der Waals surface area (Å²) in [6.45, 7) is 4.88. The molecular formula is C19H21F3N6. The van der Waals surface area contributed by atoms with Gasteiger partial charge < -0.3 is 0 Å². The summed E-state index contributed by atoms with van der Waals surface area (Å²) in [7, 11) is 0. The van der Waals surface area contributed by atoms with Crippen LogP contribution >= 0.6 is 0 Å². The molecule has 0 N–H and O–H groups in total. The Hall–Kier alpha value is -2.55. The lowest BCUT2D eigenvalue weighted by atomic mass is 9.99. The van der Waals surface area contributed by atoms with Gasteiger partial charge in [-0.25, -0.2) is 19.5 Å². The third kappa shape index (κ3) is 3.71. The molecule has 148 valence electrons. The minimum absolute atomic E-state index is 0.0573. The average molecular weight is 390 g/mol. The second-order valence-electron chi connectivity index (χ2n) is 7.24. The minimum atomic E-state index is -4.49. The largest absolute Gasteiger partial charge is 0.433 e. The van der Waals surface area contributed by atoms with Gasteiger partial charge in [0.2, 0.25) is 0 Å². The Kier molecular flexibility index (Phi) is 4.78. The standard InChI is InChI=1S/C19H21F3N6/c1-12-7-17(19(20,21)22)28-18(25-12)8-15(26-28)16-5-3-4-6-27(16)11-14-9-23-13(2)24-10-14/h7-10,16H,3-6,11H2,1-2H3/t16-/m1/s1. The number of nitrogens with zero attached hydrogens (tertiary/aromatic N) is 6. The number of rotatable bonds is 3. The van der Waals surface area contributed by atoms with E-state index in [1.54, 1.807) is 25.4 Å². The summed E-state index contributed by atoms with van der Waals surface area (Å²) in [6, 6.07) is 2.65. The van der Waals surface area contributed by atoms with E-state index in [1.165, 1.54) is 0 Å². The van der Waals surface area contributed by atoms with Crippen LogP contribution in [-0.4, -0.2) is 36.0 Å². The van der Waals surface area contributed by atoms with E-state index < -0.39 is 11.9 Å². The van der Waals surface area contributed by atoms with Gasteiger partial charge in [-0.2, -0.15) is 18.3 Å². The number of hydrogen-bond acceptors (Lipinski definition) is 5. The van der Waals surface area contributed by atoms with Gasteiger partial charge in [0.25, 0.3) is 0 Å². The van der Waals surface area contributed by atoms with Crippen molar-refractivity contribution in [3.05, 3.63) is 53.0 Å². The molecule has 0 saturated carbocycles. The Balaban J connectivity index is 1.69. The Morgan fingerprint density at radius 1 is 1.11 bits per heavy atom. The molecule has 6 nitrogen and oxygen atoms in total. The molecule has 28 heavy (non-hydrogen) atoms. The average Bonchev–Trinajstić information content (AvgIpc) is 3.06. The highest BCUT2D eigenvalue weighted by atomic mass is 19.4. The summed E-state index contributed by atoms with van der Waals surface area (Å²) in [5.41, 5.74) is 1.35. The molecule has 3 aromatic heterocycles. The predicted octanol–water partition coefficient (Wildman–Crippen LogP) is 3.88. The highest BCUT2D eigenvalue weighted by Crippen LogP contribution is 2.34. The van der Waals surface area contributed by atoms with Gasteiger partial charge in [-0.05, 0) is 39.3 Å². The van der Waals surface area contributed by atoms with E-state index in [4.69, 9.17) is 0 Å². The Morgan fingerprint density at radius 2 is 1.86 bits per heavy atom. The van der Waals surface area contributed by atoms with Crippen molar-refractivity contribution < 1.29 is 13.2 Å². The molecule has 3 aromatic rings. The van der Waals surface area contributed by atoms with E-state index in [9.17, 15) is 13.2 Å². The molecular weight excluding hydrogens is 369 g/mol. The molecule has 4 rings (SSSR count). The molecule has 0 radical (unpaired) electrons. The quantitative estimate of drug-likeness (QED) is 0.679. The van der Waals surface area contributed by atoms with Gasteiger partial charge in [-0.15, -0.1) is 0 Å². The first-order chi connectivity index (χ1) is 13.3. The van der Waals surface area contributed by atoms with E-state index in [2.05, 4.69) is 25.0 Å². The zero-order valence-corrected chi connectivity index (χ0v) is 15.7. The van der Waals surface area contributed by atoms with Crippen LogP contribution in [0, 0.1) is 13.8 Å². The molecule has 0 unspecified atom stereocenters. The number of fused-ring (bicyclic) bond motifs is 1. The monoisotopic (exact) mass is 390 g/mol. The Bertz CT molecular complexity index is 980. The molecule has 0 spiro atoms. The summed E-state index contributed by atoms with van der Waals surface area (Å²) < 4.78 is 41.2. The van der Waals surface area contributed by atoms with Crippen LogP contribution in [0.15, 0.2) is 24.5 Å². The molecule has 4 heterocycles. The van der Waals surface area contributed by atoms with E-state index in [0.717, 1.165) is 42.0 Å². The van der Waals surface area contributed by atoms with Gasteiger partial charge >= 0.3 is 6.18 Å². The second kappa shape index (κ2) is 7.12. The van der Waals surface area contributed by atoms with Crippen molar-refractivity contribution in [1.82, 2.24) is 29.5 Å². The minimum Gasteiger partial charge on any atom is -0.290 e. The molecule has 9 heteroatoms. The van der Waals surface area contributed by atoms with Crippen LogP contribution in [0.25, 0.3) is 5.65 Å². The van der Waals surface area contributed by atoms with Crippen LogP contribution in [-0.2, 0) is 12.7 Å². The van der Waals surface area contributed by atoms with Crippen molar-refractivity contribution in [3.63, 3.8) is 0 Å². The van der Waals surface area contributed by atoms with Gasteiger partial charge in [-0.3, -0.25) is 4.90 Å². The molecule has 0 amide bonds. The molecule has 1 fully saturated rings. The van der Waals surface area contributed by atoms with Crippen LogP contribution in [0.1, 0.15) is 53.8 Å². The fourth-order valence-electron chi connectivity index (χ4n) is 3.73. The number of likely N-dealkylation sites (tertiary alicyclic amines) is 1. The number of halogens is 3. The van der Waals surface area contributed by atoms with Crippen LogP contribution in [0.4, 0.5) is 13.2 Å². The van der Waals surface area contributed by atoms with Gasteiger partial charge in [0.15, 0.2) is 5.65 Å². The predicted molar refractivity (Wildman–Crippen MR) is 96.5 cm³/mol. The normalized spacial score (nSPS) is 18.7. The lowest BCUT2D eigenvalue weighted by Crippen LogP contribution is -2.33. The maximum absolute atomic E-state index is 13.4. The molecule has 0 aliphatic carbocycles. The third-order valence-electron chi connectivity index (χ3n) is 5.04. The number of aryl methyl sites for hydroxylation is 2. The van der Waals surface area contributed by atoms with E-state index in [0.29, 0.717) is 23.8 Å². The zero-order chi connectivity index (χ0) is 19.9. The van der Waals surface area contributed by atoms with Gasteiger partial charge in [-0.1, -0.05) is 6.42 Å². The van der Waals surface area contributed by atoms with Crippen LogP contribution in [0.2, 0.25) is 0 Å². The topological polar surface area (TPSA) is 59.2 Å². The van der Waals surface area contributed by atoms with Crippen LogP contribution in [0.5, 0.6) is 0 Å². The SMILES string of the molecule is Cc1cc(C(F)(F)F)n2nc([C@H]3CCCCN3Cc3cnc(C)nc3)cc2n1. The second-order valence-corrected chi connectivity index (χ2v) is 7.24. The summed E-state index contributed by atoms with van der Waals surface area (Å²) in [6.07, 6.45) is 2.01. The van der Waals surface area contributed by atoms with E-state index in [-0.39, 0.29) is 11.7 Å². The summed E-state index contributed by atoms with van der Waals surface area (Å²) in [4.78, 5) is 14.9. The van der Waals surface area contributed by atoms with Crippen molar-refractivity contribution in [2.24, 2.45) is 0 Å². The third-order valence-corrected chi connectivity index (χ3v) is 5.04. The summed E-state index contributed by atoms with van der Waals surface area (Å²) >= 11 is 0. The highest BCUT2D eigenvalue weighted by Gasteiger charge is 2.36. The van der Waals surface area contributed by atoms with Crippen molar-refractivity contribution in [2.45, 2.75) is 51.9 Å². The fourth-order valence-corrected chi connectivity index (χ4v) is 3.73. The molecule has 1 saturated heterocycles. The fraction of sp³-hybridized carbons (Fsp3) is 0.474. The van der Waals surface area contributed by atoms with Crippen LogP contribution in [0.3, 0.4) is 0 Å². The number of piperidine rings is 1. The summed E-state index contributed by atoms with van der Waals surface area (Å²) in [5.74, 6) is 0.709. The lowest BCUT2D eigenvalue weighted by Gasteiger charge is -2.34. The first kappa shape index (κ1) is 18.8. The number of aromatic nitrogens is 5. The highest BCUT2D eigenvalue weighted by molar-refractivity contribution is 5.43. The van der Waals surface area contributed by atoms with Crippen molar-refractivity contribution in [3.8, 4) is 0 Å². The molecule has 1 aliphatic heterocycles. The molecule has 1 aliphatic rings. The maximum atomic E-state index is 13.4. The molecule has 0 bridgehead atoms. The van der Waals surface area contributed by atoms with Crippen molar-refractivity contribution >= 4 is 5.65 Å². The molecule has 1 atom stereocenters. The van der Waals surface area contributed by atoms with Gasteiger partial charge in [0.1, 0.15) is 11.5 Å². The van der Waals surface area contributed by atoms with Crippen LogP contribution < -0.4 is 0 Å². The van der Waals surface area contributed by atoms with Gasteiger partial charge in [0.05, 0.1) is 11.7 Å². The Labute approximate surface area is 160 Å². The zero-order valence-electron chi connectivity index (χ0n) is 15.7. The number of hydrogen-bond donors (Lipinski definition) is 0. The smallest absolute Gasteiger partial charge is 0.290 e. The van der Waals surface area contributed by atoms with Gasteiger partial charge in [0, 0.05) is 36.3 Å². The van der Waals surface area contributed by atoms with Crippen molar-refractivity contribution in [2.75, 3.05) is 6.54 Å². The Morgan fingerprint density at radius 3 is 2.57 bits per heavy atom. The lowest BCUT2D eigenvalue weighted by molar-refractivity contribution is -0.142. The number of alkyl halides is 3. The van der Waals surface area contributed by atoms with E-state index >= 15 is 0 Å². The van der Waals surface area contributed by atoms with Crippen molar-refractivity contribution in [1.29, 1.82) is 0 Å². The van der Waals surface area contributed by atoms with E-state index in [1.807, 2.05) is 6.92 Å². The summed E-state index contributed by atoms with van der Waals surface area (Å²) in [5, 5.41) is 4.31.